The molecule has 7 heteroatoms. The van der Waals surface area contributed by atoms with Gasteiger partial charge >= 0.3 is 0 Å². The van der Waals surface area contributed by atoms with Crippen molar-refractivity contribution in [3.63, 3.8) is 0 Å². The minimum Gasteiger partial charge on any atom is -0.497 e. The van der Waals surface area contributed by atoms with Crippen molar-refractivity contribution >= 4 is 21.5 Å². The minimum atomic E-state index is -3.68. The van der Waals surface area contributed by atoms with Gasteiger partial charge in [-0.05, 0) is 30.3 Å². The summed E-state index contributed by atoms with van der Waals surface area (Å²) < 4.78 is 31.5. The lowest BCUT2D eigenvalue weighted by atomic mass is 10.3. The Bertz CT molecular complexity index is 669. The van der Waals surface area contributed by atoms with Crippen molar-refractivity contribution in [3.8, 4) is 5.75 Å². The molecule has 6 nitrogen and oxygen atoms in total. The second kappa shape index (κ2) is 5.15. The fourth-order valence-electron chi connectivity index (χ4n) is 1.44. The van der Waals surface area contributed by atoms with E-state index in [4.69, 9.17) is 10.5 Å². The number of hydrogen-bond acceptors (Lipinski definition) is 5. The normalized spacial score (nSPS) is 11.0. The van der Waals surface area contributed by atoms with Crippen LogP contribution in [0, 0.1) is 0 Å². The van der Waals surface area contributed by atoms with E-state index in [0.717, 1.165) is 0 Å². The molecule has 0 bridgehead atoms. The molecule has 0 fully saturated rings. The van der Waals surface area contributed by atoms with E-state index in [2.05, 4.69) is 9.71 Å². The number of hydrogen-bond donors (Lipinski definition) is 2. The lowest BCUT2D eigenvalue weighted by Crippen LogP contribution is -2.13. The molecule has 1 heterocycles. The largest absolute Gasteiger partial charge is 0.497 e. The summed E-state index contributed by atoms with van der Waals surface area (Å²) in [5, 5.41) is 0. The Hall–Kier alpha value is -2.28. The third-order valence-corrected chi connectivity index (χ3v) is 3.77. The molecule has 0 amide bonds. The number of nitrogens with two attached hydrogens (primary N) is 1. The van der Waals surface area contributed by atoms with E-state index >= 15 is 0 Å². The van der Waals surface area contributed by atoms with Gasteiger partial charge in [0.2, 0.25) is 0 Å². The van der Waals surface area contributed by atoms with Gasteiger partial charge in [-0.3, -0.25) is 4.72 Å². The average Bonchev–Trinajstić information content (AvgIpc) is 2.39. The molecule has 0 aliphatic rings. The van der Waals surface area contributed by atoms with Crippen LogP contribution in [-0.4, -0.2) is 20.5 Å². The van der Waals surface area contributed by atoms with Crippen LogP contribution in [0.3, 0.4) is 0 Å². The number of pyridine rings is 1. The highest BCUT2D eigenvalue weighted by molar-refractivity contribution is 7.92. The molecule has 3 N–H and O–H groups in total. The number of benzene rings is 1. The highest BCUT2D eigenvalue weighted by Gasteiger charge is 2.14. The van der Waals surface area contributed by atoms with Gasteiger partial charge in [-0.15, -0.1) is 0 Å². The van der Waals surface area contributed by atoms with Crippen LogP contribution in [0.25, 0.3) is 0 Å². The molecule has 0 unspecified atom stereocenters. The minimum absolute atomic E-state index is 0.117. The summed E-state index contributed by atoms with van der Waals surface area (Å²) >= 11 is 0. The molecule has 2 rings (SSSR count). The van der Waals surface area contributed by atoms with Crippen LogP contribution >= 0.6 is 0 Å². The van der Waals surface area contributed by atoms with Gasteiger partial charge in [0.1, 0.15) is 11.6 Å². The van der Waals surface area contributed by atoms with Crippen molar-refractivity contribution in [2.24, 2.45) is 0 Å². The molecule has 0 radical (unpaired) electrons. The monoisotopic (exact) mass is 279 g/mol. The summed E-state index contributed by atoms with van der Waals surface area (Å²) in [6, 6.07) is 9.02. The fourth-order valence-corrected chi connectivity index (χ4v) is 2.44. The van der Waals surface area contributed by atoms with Crippen molar-refractivity contribution in [1.29, 1.82) is 0 Å². The highest BCUT2D eigenvalue weighted by atomic mass is 32.2. The zero-order chi connectivity index (χ0) is 13.9. The number of nitrogens with zero attached hydrogens (tertiary/aromatic N) is 1. The van der Waals surface area contributed by atoms with Crippen molar-refractivity contribution in [2.75, 3.05) is 17.6 Å². The first-order valence-electron chi connectivity index (χ1n) is 5.40. The molecule has 0 saturated heterocycles. The van der Waals surface area contributed by atoms with E-state index in [1.165, 1.54) is 43.6 Å². The molecule has 1 aromatic heterocycles. The molecule has 0 atom stereocenters. The fraction of sp³-hybridized carbons (Fsp3) is 0.0833. The molecule has 0 spiro atoms. The third kappa shape index (κ3) is 3.14. The number of methoxy groups -OCH3 is 1. The molecule has 0 aliphatic carbocycles. The van der Waals surface area contributed by atoms with E-state index in [0.29, 0.717) is 11.4 Å². The number of aromatic nitrogens is 1. The smallest absolute Gasteiger partial charge is 0.263 e. The van der Waals surface area contributed by atoms with Crippen molar-refractivity contribution in [3.05, 3.63) is 42.6 Å². The Kier molecular flexibility index (Phi) is 3.57. The van der Waals surface area contributed by atoms with Gasteiger partial charge in [0.15, 0.2) is 0 Å². The van der Waals surface area contributed by atoms with Gasteiger partial charge in [0, 0.05) is 18.0 Å². The van der Waals surface area contributed by atoms with Gasteiger partial charge < -0.3 is 10.5 Å². The quantitative estimate of drug-likeness (QED) is 0.826. The summed E-state index contributed by atoms with van der Waals surface area (Å²) in [6.45, 7) is 0. The lowest BCUT2D eigenvalue weighted by molar-refractivity contribution is 0.414. The van der Waals surface area contributed by atoms with Crippen LogP contribution < -0.4 is 15.2 Å². The number of rotatable bonds is 4. The van der Waals surface area contributed by atoms with E-state index in [9.17, 15) is 8.42 Å². The van der Waals surface area contributed by atoms with E-state index in [1.807, 2.05) is 0 Å². The molecule has 0 aliphatic heterocycles. The second-order valence-electron chi connectivity index (χ2n) is 3.76. The van der Waals surface area contributed by atoms with E-state index in [1.54, 1.807) is 6.07 Å². The second-order valence-corrected chi connectivity index (χ2v) is 5.44. The Morgan fingerprint density at radius 1 is 1.21 bits per heavy atom. The zero-order valence-electron chi connectivity index (χ0n) is 10.2. The van der Waals surface area contributed by atoms with Crippen LogP contribution in [0.2, 0.25) is 0 Å². The van der Waals surface area contributed by atoms with Gasteiger partial charge in [0.25, 0.3) is 10.0 Å². The molecule has 100 valence electrons. The van der Waals surface area contributed by atoms with Gasteiger partial charge in [-0.2, -0.15) is 0 Å². The van der Waals surface area contributed by atoms with Crippen LogP contribution in [0.4, 0.5) is 11.5 Å². The number of nitrogen functional groups attached to an aromatic ring is 1. The number of nitrogens with one attached hydrogen (secondary N) is 1. The van der Waals surface area contributed by atoms with Crippen molar-refractivity contribution in [1.82, 2.24) is 4.98 Å². The first kappa shape index (κ1) is 13.2. The maximum atomic E-state index is 12.1. The predicted molar refractivity (Wildman–Crippen MR) is 72.5 cm³/mol. The van der Waals surface area contributed by atoms with Crippen molar-refractivity contribution < 1.29 is 13.2 Å². The topological polar surface area (TPSA) is 94.3 Å². The lowest BCUT2D eigenvalue weighted by Gasteiger charge is -2.08. The molecular formula is C12H13N3O3S. The highest BCUT2D eigenvalue weighted by Crippen LogP contribution is 2.18. The molecular weight excluding hydrogens is 266 g/mol. The summed E-state index contributed by atoms with van der Waals surface area (Å²) in [5.41, 5.74) is 6.01. The Morgan fingerprint density at radius 3 is 2.53 bits per heavy atom. The molecule has 19 heavy (non-hydrogen) atoms. The summed E-state index contributed by atoms with van der Waals surface area (Å²) in [4.78, 5) is 4.04. The Morgan fingerprint density at radius 2 is 1.89 bits per heavy atom. The Balaban J connectivity index is 2.28. The maximum absolute atomic E-state index is 12.1. The van der Waals surface area contributed by atoms with Gasteiger partial charge in [-0.1, -0.05) is 0 Å². The average molecular weight is 279 g/mol. The van der Waals surface area contributed by atoms with Gasteiger partial charge in [0.05, 0.1) is 12.0 Å². The predicted octanol–water partition coefficient (Wildman–Crippen LogP) is 1.47. The van der Waals surface area contributed by atoms with Crippen LogP contribution in [-0.2, 0) is 10.0 Å². The van der Waals surface area contributed by atoms with Gasteiger partial charge in [-0.25, -0.2) is 13.4 Å². The first-order valence-corrected chi connectivity index (χ1v) is 6.88. The summed E-state index contributed by atoms with van der Waals surface area (Å²) in [5.74, 6) is 0.709. The summed E-state index contributed by atoms with van der Waals surface area (Å²) in [6.07, 6.45) is 1.46. The Labute approximate surface area is 111 Å². The van der Waals surface area contributed by atoms with E-state index < -0.39 is 10.0 Å². The van der Waals surface area contributed by atoms with E-state index in [-0.39, 0.29) is 10.7 Å². The van der Waals surface area contributed by atoms with Crippen molar-refractivity contribution in [2.45, 2.75) is 4.90 Å². The molecule has 1 aromatic carbocycles. The SMILES string of the molecule is COc1ccnc(NS(=O)(=O)c2ccc(N)cc2)c1. The third-order valence-electron chi connectivity index (χ3n) is 2.40. The molecule has 0 saturated carbocycles. The number of ether oxygens (including phenoxy) is 1. The molecule has 2 aromatic rings. The van der Waals surface area contributed by atoms with Crippen LogP contribution in [0.15, 0.2) is 47.5 Å². The van der Waals surface area contributed by atoms with Crippen LogP contribution in [0.5, 0.6) is 5.75 Å². The number of anilines is 2. The maximum Gasteiger partial charge on any atom is 0.263 e. The van der Waals surface area contributed by atoms with Crippen LogP contribution in [0.1, 0.15) is 0 Å². The summed E-state index contributed by atoms with van der Waals surface area (Å²) in [7, 11) is -2.19. The first-order chi connectivity index (χ1) is 9.01. The standard InChI is InChI=1S/C12H13N3O3S/c1-18-10-6-7-14-12(8-10)15-19(16,17)11-4-2-9(13)3-5-11/h2-8H,13H2,1H3,(H,14,15). The zero-order valence-corrected chi connectivity index (χ0v) is 11.0. The number of sulfonamides is 1.